The van der Waals surface area contributed by atoms with Gasteiger partial charge < -0.3 is 19.5 Å². The van der Waals surface area contributed by atoms with E-state index >= 15 is 0 Å². The van der Waals surface area contributed by atoms with E-state index in [-0.39, 0.29) is 30.1 Å². The molecule has 0 spiro atoms. The number of benzene rings is 2. The van der Waals surface area contributed by atoms with Crippen molar-refractivity contribution >= 4 is 5.91 Å². The van der Waals surface area contributed by atoms with Gasteiger partial charge in [-0.2, -0.15) is 0 Å². The first-order valence-electron chi connectivity index (χ1n) is 11.6. The lowest BCUT2D eigenvalue weighted by molar-refractivity contribution is -0.134. The number of hydrogen-bond acceptors (Lipinski definition) is 4. The highest BCUT2D eigenvalue weighted by molar-refractivity contribution is 5.78. The van der Waals surface area contributed by atoms with Crippen molar-refractivity contribution in [3.63, 3.8) is 0 Å². The Kier molecular flexibility index (Phi) is 7.70. The molecule has 1 fully saturated rings. The second-order valence-electron chi connectivity index (χ2n) is 9.64. The molecule has 3 atom stereocenters. The van der Waals surface area contributed by atoms with Crippen LogP contribution in [-0.2, 0) is 4.79 Å². The summed E-state index contributed by atoms with van der Waals surface area (Å²) in [5.41, 5.74) is 2.47. The van der Waals surface area contributed by atoms with Gasteiger partial charge in [-0.1, -0.05) is 26.0 Å². The van der Waals surface area contributed by atoms with E-state index in [1.807, 2.05) is 56.0 Å². The predicted octanol–water partition coefficient (Wildman–Crippen LogP) is 5.52. The molecule has 0 bridgehead atoms. The minimum Gasteiger partial charge on any atom is -0.507 e. The number of aryl methyl sites for hydroxylation is 1. The molecule has 3 unspecified atom stereocenters. The Balaban J connectivity index is 2.02. The molecule has 3 rings (SSSR count). The van der Waals surface area contributed by atoms with Crippen LogP contribution >= 0.6 is 0 Å². The first-order valence-corrected chi connectivity index (χ1v) is 11.6. The predicted molar refractivity (Wildman–Crippen MR) is 128 cm³/mol. The van der Waals surface area contributed by atoms with Crippen LogP contribution in [0.1, 0.15) is 63.1 Å². The molecule has 174 valence electrons. The molecule has 0 saturated carbocycles. The van der Waals surface area contributed by atoms with Crippen molar-refractivity contribution in [2.24, 2.45) is 11.8 Å². The van der Waals surface area contributed by atoms with Crippen LogP contribution in [0.3, 0.4) is 0 Å². The third-order valence-electron chi connectivity index (χ3n) is 6.07. The molecule has 1 aliphatic heterocycles. The van der Waals surface area contributed by atoms with Gasteiger partial charge in [0.15, 0.2) is 0 Å². The molecule has 5 heteroatoms. The van der Waals surface area contributed by atoms with Crippen molar-refractivity contribution < 1.29 is 19.4 Å². The first kappa shape index (κ1) is 24.0. The van der Waals surface area contributed by atoms with Crippen LogP contribution in [0, 0.1) is 18.8 Å². The smallest absolute Gasteiger partial charge is 0.223 e. The number of hydrogen-bond donors (Lipinski definition) is 1. The number of methoxy groups -OCH3 is 1. The summed E-state index contributed by atoms with van der Waals surface area (Å²) < 4.78 is 11.6. The third kappa shape index (κ3) is 5.76. The number of rotatable bonds is 7. The minimum atomic E-state index is -0.346. The summed E-state index contributed by atoms with van der Waals surface area (Å²) in [6, 6.07) is 11.5. The number of carbonyl (C=O) groups is 1. The number of nitrogens with zero attached hydrogens (tertiary/aromatic N) is 1. The van der Waals surface area contributed by atoms with Gasteiger partial charge in [0, 0.05) is 31.0 Å². The van der Waals surface area contributed by atoms with E-state index in [1.165, 1.54) is 0 Å². The van der Waals surface area contributed by atoms with Gasteiger partial charge in [-0.3, -0.25) is 4.79 Å². The van der Waals surface area contributed by atoms with E-state index in [1.54, 1.807) is 13.2 Å². The lowest BCUT2D eigenvalue weighted by Gasteiger charge is -2.36. The Morgan fingerprint density at radius 3 is 2.47 bits per heavy atom. The summed E-state index contributed by atoms with van der Waals surface area (Å²) >= 11 is 0. The molecule has 1 heterocycles. The van der Waals surface area contributed by atoms with E-state index < -0.39 is 0 Å². The largest absolute Gasteiger partial charge is 0.507 e. The van der Waals surface area contributed by atoms with Gasteiger partial charge >= 0.3 is 0 Å². The molecule has 32 heavy (non-hydrogen) atoms. The minimum absolute atomic E-state index is 0.0453. The maximum Gasteiger partial charge on any atom is 0.223 e. The molecular formula is C27H37NO4. The average Bonchev–Trinajstić information content (AvgIpc) is 2.70. The summed E-state index contributed by atoms with van der Waals surface area (Å²) in [7, 11) is 1.60. The molecule has 0 aromatic heterocycles. The van der Waals surface area contributed by atoms with Gasteiger partial charge in [-0.15, -0.1) is 0 Å². The van der Waals surface area contributed by atoms with E-state index in [4.69, 9.17) is 9.47 Å². The number of phenolic OH excluding ortho intramolecular Hbond substituents is 1. The third-order valence-corrected chi connectivity index (χ3v) is 6.07. The van der Waals surface area contributed by atoms with Crippen LogP contribution in [-0.4, -0.2) is 42.2 Å². The Morgan fingerprint density at radius 1 is 1.16 bits per heavy atom. The van der Waals surface area contributed by atoms with Crippen molar-refractivity contribution in [2.75, 3.05) is 20.2 Å². The average molecular weight is 440 g/mol. The second kappa shape index (κ2) is 10.3. The van der Waals surface area contributed by atoms with Crippen molar-refractivity contribution in [1.29, 1.82) is 0 Å². The summed E-state index contributed by atoms with van der Waals surface area (Å²) in [5, 5.41) is 10.9. The number of phenols is 1. The molecule has 1 amide bonds. The quantitative estimate of drug-likeness (QED) is 0.617. The van der Waals surface area contributed by atoms with Gasteiger partial charge in [-0.25, -0.2) is 0 Å². The van der Waals surface area contributed by atoms with Crippen molar-refractivity contribution in [3.05, 3.63) is 53.1 Å². The van der Waals surface area contributed by atoms with Crippen LogP contribution in [0.25, 0.3) is 0 Å². The number of aromatic hydroxyl groups is 1. The van der Waals surface area contributed by atoms with Gasteiger partial charge in [0.25, 0.3) is 0 Å². The van der Waals surface area contributed by atoms with Crippen LogP contribution < -0.4 is 9.47 Å². The SMILES string of the molecule is COc1cc(C)cc(O)c1C(CC(=O)N1CC(C)CC(C)C1)c1cccc(OC(C)C)c1. The van der Waals surface area contributed by atoms with Gasteiger partial charge in [0.1, 0.15) is 17.2 Å². The molecule has 0 radical (unpaired) electrons. The monoisotopic (exact) mass is 439 g/mol. The van der Waals surface area contributed by atoms with E-state index in [0.29, 0.717) is 23.1 Å². The lowest BCUT2D eigenvalue weighted by atomic mass is 9.85. The number of likely N-dealkylation sites (tertiary alicyclic amines) is 1. The standard InChI is InChI=1S/C27H37NO4/c1-17(2)32-22-9-7-8-21(13-22)23(27-24(29)11-18(3)12-25(27)31-6)14-26(30)28-15-19(4)10-20(5)16-28/h7-9,11-13,17,19-20,23,29H,10,14-16H2,1-6H3. The Labute approximate surface area is 192 Å². The van der Waals surface area contributed by atoms with Gasteiger partial charge in [0.05, 0.1) is 13.2 Å². The van der Waals surface area contributed by atoms with Crippen LogP contribution in [0.2, 0.25) is 0 Å². The molecule has 1 N–H and O–H groups in total. The maximum atomic E-state index is 13.5. The number of piperidine rings is 1. The Bertz CT molecular complexity index is 929. The Hall–Kier alpha value is -2.69. The second-order valence-corrected chi connectivity index (χ2v) is 9.64. The Morgan fingerprint density at radius 2 is 1.84 bits per heavy atom. The van der Waals surface area contributed by atoms with Crippen LogP contribution in [0.5, 0.6) is 17.2 Å². The van der Waals surface area contributed by atoms with Crippen molar-refractivity contribution in [3.8, 4) is 17.2 Å². The van der Waals surface area contributed by atoms with E-state index in [0.717, 1.165) is 36.4 Å². The zero-order chi connectivity index (χ0) is 23.4. The van der Waals surface area contributed by atoms with Crippen LogP contribution in [0.4, 0.5) is 0 Å². The van der Waals surface area contributed by atoms with Crippen molar-refractivity contribution in [1.82, 2.24) is 4.90 Å². The lowest BCUT2D eigenvalue weighted by Crippen LogP contribution is -2.43. The van der Waals surface area contributed by atoms with E-state index in [9.17, 15) is 9.90 Å². The number of amides is 1. The molecule has 1 saturated heterocycles. The summed E-state index contributed by atoms with van der Waals surface area (Å²) in [6.45, 7) is 11.9. The van der Waals surface area contributed by atoms with Crippen molar-refractivity contribution in [2.45, 2.75) is 59.5 Å². The first-order chi connectivity index (χ1) is 15.2. The highest BCUT2D eigenvalue weighted by Gasteiger charge is 2.30. The fourth-order valence-electron chi connectivity index (χ4n) is 4.90. The summed E-state index contributed by atoms with van der Waals surface area (Å²) in [5.74, 6) is 2.23. The zero-order valence-electron chi connectivity index (χ0n) is 20.2. The highest BCUT2D eigenvalue weighted by Crippen LogP contribution is 2.42. The molecule has 2 aromatic rings. The molecular weight excluding hydrogens is 402 g/mol. The zero-order valence-corrected chi connectivity index (χ0v) is 20.2. The number of ether oxygens (including phenoxy) is 2. The van der Waals surface area contributed by atoms with E-state index in [2.05, 4.69) is 13.8 Å². The molecule has 5 nitrogen and oxygen atoms in total. The van der Waals surface area contributed by atoms with Gasteiger partial charge in [-0.05, 0) is 74.4 Å². The fraction of sp³-hybridized carbons (Fsp3) is 0.519. The highest BCUT2D eigenvalue weighted by atomic mass is 16.5. The summed E-state index contributed by atoms with van der Waals surface area (Å²) in [4.78, 5) is 15.4. The van der Waals surface area contributed by atoms with Gasteiger partial charge in [0.2, 0.25) is 5.91 Å². The topological polar surface area (TPSA) is 59.0 Å². The fourth-order valence-corrected chi connectivity index (χ4v) is 4.90. The molecule has 2 aromatic carbocycles. The summed E-state index contributed by atoms with van der Waals surface area (Å²) in [6.07, 6.45) is 1.45. The van der Waals surface area contributed by atoms with Crippen LogP contribution in [0.15, 0.2) is 36.4 Å². The maximum absolute atomic E-state index is 13.5. The number of carbonyl (C=O) groups excluding carboxylic acids is 1. The molecule has 1 aliphatic rings. The normalized spacial score (nSPS) is 19.7. The molecule has 0 aliphatic carbocycles.